The minimum atomic E-state index is -0.864. The van der Waals surface area contributed by atoms with E-state index in [0.29, 0.717) is 23.3 Å². The molecule has 1 aromatic carbocycles. The lowest BCUT2D eigenvalue weighted by Crippen LogP contribution is -2.57. The summed E-state index contributed by atoms with van der Waals surface area (Å²) in [5.74, 6) is 1.56. The van der Waals surface area contributed by atoms with Gasteiger partial charge in [-0.1, -0.05) is 0 Å². The van der Waals surface area contributed by atoms with Crippen LogP contribution >= 0.6 is 0 Å². The summed E-state index contributed by atoms with van der Waals surface area (Å²) in [4.78, 5) is 11.6. The van der Waals surface area contributed by atoms with Crippen molar-refractivity contribution in [1.82, 2.24) is 5.32 Å². The van der Waals surface area contributed by atoms with Crippen LogP contribution in [0.1, 0.15) is 19.8 Å². The summed E-state index contributed by atoms with van der Waals surface area (Å²) in [5, 5.41) is 3.23. The fourth-order valence-corrected chi connectivity index (χ4v) is 2.06. The number of ether oxygens (including phenoxy) is 3. The second-order valence-electron chi connectivity index (χ2n) is 5.42. The van der Waals surface area contributed by atoms with Crippen molar-refractivity contribution >= 4 is 5.91 Å². The van der Waals surface area contributed by atoms with Crippen molar-refractivity contribution in [3.8, 4) is 17.2 Å². The summed E-state index contributed by atoms with van der Waals surface area (Å²) < 4.78 is 16.2. The molecule has 1 unspecified atom stereocenters. The first-order valence-electron chi connectivity index (χ1n) is 6.67. The molecule has 1 aromatic rings. The van der Waals surface area contributed by atoms with Crippen molar-refractivity contribution in [3.63, 3.8) is 0 Å². The molecule has 1 amide bonds. The van der Waals surface area contributed by atoms with Gasteiger partial charge in [0.25, 0.3) is 0 Å². The molecule has 0 bridgehead atoms. The van der Waals surface area contributed by atoms with Crippen molar-refractivity contribution in [2.75, 3.05) is 13.4 Å². The molecule has 2 aliphatic rings. The number of hydrogen-bond acceptors (Lipinski definition) is 5. The Morgan fingerprint density at radius 1 is 1.45 bits per heavy atom. The lowest BCUT2D eigenvalue weighted by atomic mass is 10.0. The van der Waals surface area contributed by atoms with Gasteiger partial charge in [-0.3, -0.25) is 10.1 Å². The van der Waals surface area contributed by atoms with Gasteiger partial charge >= 0.3 is 0 Å². The SMILES string of the molecule is CC(COc1ccc2c(c1)OCO2)(NC1CC1)C(N)=O. The lowest BCUT2D eigenvalue weighted by Gasteiger charge is -2.27. The summed E-state index contributed by atoms with van der Waals surface area (Å²) in [6.45, 7) is 2.17. The van der Waals surface area contributed by atoms with Gasteiger partial charge in [0.05, 0.1) is 0 Å². The molecule has 108 valence electrons. The molecule has 6 heteroatoms. The molecule has 6 nitrogen and oxygen atoms in total. The van der Waals surface area contributed by atoms with Crippen molar-refractivity contribution in [2.24, 2.45) is 5.73 Å². The van der Waals surface area contributed by atoms with E-state index < -0.39 is 11.4 Å². The van der Waals surface area contributed by atoms with E-state index in [1.807, 2.05) is 0 Å². The molecule has 1 saturated carbocycles. The van der Waals surface area contributed by atoms with Crippen LogP contribution in [0.2, 0.25) is 0 Å². The van der Waals surface area contributed by atoms with E-state index >= 15 is 0 Å². The monoisotopic (exact) mass is 278 g/mol. The second-order valence-corrected chi connectivity index (χ2v) is 5.42. The number of primary amides is 1. The summed E-state index contributed by atoms with van der Waals surface area (Å²) in [6.07, 6.45) is 2.15. The van der Waals surface area contributed by atoms with E-state index in [2.05, 4.69) is 5.32 Å². The topological polar surface area (TPSA) is 82.8 Å². The predicted octanol–water partition coefficient (Wildman–Crippen LogP) is 0.790. The third kappa shape index (κ3) is 2.65. The molecule has 1 fully saturated rings. The number of carbonyl (C=O) groups is 1. The summed E-state index contributed by atoms with van der Waals surface area (Å²) in [5.41, 5.74) is 4.61. The maximum absolute atomic E-state index is 11.6. The molecule has 0 spiro atoms. The molecule has 1 aliphatic carbocycles. The highest BCUT2D eigenvalue weighted by molar-refractivity contribution is 5.84. The average molecular weight is 278 g/mol. The zero-order valence-corrected chi connectivity index (χ0v) is 11.3. The largest absolute Gasteiger partial charge is 0.491 e. The first-order chi connectivity index (χ1) is 9.57. The van der Waals surface area contributed by atoms with Gasteiger partial charge in [-0.2, -0.15) is 0 Å². The standard InChI is InChI=1S/C14H18N2O4/c1-14(13(15)17,16-9-2-3-9)7-18-10-4-5-11-12(6-10)20-8-19-11/h4-6,9,16H,2-3,7-8H2,1H3,(H2,15,17). The number of benzene rings is 1. The van der Waals surface area contributed by atoms with E-state index in [1.54, 1.807) is 25.1 Å². The zero-order chi connectivity index (χ0) is 14.2. The Labute approximate surface area is 117 Å². The number of nitrogens with two attached hydrogens (primary N) is 1. The Balaban J connectivity index is 1.66. The van der Waals surface area contributed by atoms with E-state index in [9.17, 15) is 4.79 Å². The molecule has 0 saturated heterocycles. The van der Waals surface area contributed by atoms with Gasteiger partial charge in [-0.15, -0.1) is 0 Å². The molecule has 0 radical (unpaired) electrons. The number of carbonyl (C=O) groups excluding carboxylic acids is 1. The van der Waals surface area contributed by atoms with Gasteiger partial charge in [0.2, 0.25) is 12.7 Å². The number of fused-ring (bicyclic) bond motifs is 1. The van der Waals surface area contributed by atoms with Crippen LogP contribution in [0, 0.1) is 0 Å². The first-order valence-corrected chi connectivity index (χ1v) is 6.67. The Morgan fingerprint density at radius 3 is 2.90 bits per heavy atom. The maximum Gasteiger partial charge on any atom is 0.240 e. The highest BCUT2D eigenvalue weighted by atomic mass is 16.7. The normalized spacial score (nSPS) is 19.4. The Hall–Kier alpha value is -1.95. The van der Waals surface area contributed by atoms with Crippen LogP contribution in [0.25, 0.3) is 0 Å². The summed E-state index contributed by atoms with van der Waals surface area (Å²) in [7, 11) is 0. The van der Waals surface area contributed by atoms with Crippen molar-refractivity contribution in [2.45, 2.75) is 31.3 Å². The molecule has 1 heterocycles. The van der Waals surface area contributed by atoms with Gasteiger partial charge < -0.3 is 19.9 Å². The van der Waals surface area contributed by atoms with Gasteiger partial charge in [-0.05, 0) is 31.9 Å². The number of amides is 1. The fourth-order valence-electron chi connectivity index (χ4n) is 2.06. The van der Waals surface area contributed by atoms with Gasteiger partial charge in [-0.25, -0.2) is 0 Å². The second kappa shape index (κ2) is 4.86. The Kier molecular flexibility index (Phi) is 3.17. The third-order valence-electron chi connectivity index (χ3n) is 3.52. The maximum atomic E-state index is 11.6. The zero-order valence-electron chi connectivity index (χ0n) is 11.3. The minimum Gasteiger partial charge on any atom is -0.491 e. The molecule has 1 atom stereocenters. The van der Waals surface area contributed by atoms with Crippen LogP contribution in [0.15, 0.2) is 18.2 Å². The van der Waals surface area contributed by atoms with Crippen LogP contribution < -0.4 is 25.3 Å². The van der Waals surface area contributed by atoms with Crippen LogP contribution in [-0.2, 0) is 4.79 Å². The first kappa shape index (κ1) is 13.1. The summed E-state index contributed by atoms with van der Waals surface area (Å²) in [6, 6.07) is 5.69. The van der Waals surface area contributed by atoms with Crippen molar-refractivity contribution in [1.29, 1.82) is 0 Å². The van der Waals surface area contributed by atoms with Crippen LogP contribution in [-0.4, -0.2) is 30.9 Å². The molecule has 1 aliphatic heterocycles. The Bertz CT molecular complexity index is 530. The fraction of sp³-hybridized carbons (Fsp3) is 0.500. The number of hydrogen-bond donors (Lipinski definition) is 2. The molecule has 3 rings (SSSR count). The number of rotatable bonds is 6. The van der Waals surface area contributed by atoms with Crippen LogP contribution in [0.5, 0.6) is 17.2 Å². The van der Waals surface area contributed by atoms with E-state index in [4.69, 9.17) is 19.9 Å². The van der Waals surface area contributed by atoms with E-state index in [-0.39, 0.29) is 13.4 Å². The van der Waals surface area contributed by atoms with E-state index in [1.165, 1.54) is 0 Å². The van der Waals surface area contributed by atoms with Crippen LogP contribution in [0.4, 0.5) is 0 Å². The van der Waals surface area contributed by atoms with Crippen molar-refractivity contribution < 1.29 is 19.0 Å². The van der Waals surface area contributed by atoms with E-state index in [0.717, 1.165) is 12.8 Å². The van der Waals surface area contributed by atoms with Crippen molar-refractivity contribution in [3.05, 3.63) is 18.2 Å². The number of nitrogens with one attached hydrogen (secondary N) is 1. The highest BCUT2D eigenvalue weighted by Gasteiger charge is 2.37. The third-order valence-corrected chi connectivity index (χ3v) is 3.52. The average Bonchev–Trinajstić information content (AvgIpc) is 3.10. The van der Waals surface area contributed by atoms with Gasteiger partial charge in [0.15, 0.2) is 11.5 Å². The molecular weight excluding hydrogens is 260 g/mol. The van der Waals surface area contributed by atoms with Gasteiger partial charge in [0, 0.05) is 12.1 Å². The molecule has 3 N–H and O–H groups in total. The quantitative estimate of drug-likeness (QED) is 0.804. The van der Waals surface area contributed by atoms with Crippen LogP contribution in [0.3, 0.4) is 0 Å². The minimum absolute atomic E-state index is 0.179. The summed E-state index contributed by atoms with van der Waals surface area (Å²) >= 11 is 0. The Morgan fingerprint density at radius 2 is 2.20 bits per heavy atom. The lowest BCUT2D eigenvalue weighted by molar-refractivity contribution is -0.125. The molecular formula is C14H18N2O4. The van der Waals surface area contributed by atoms with Gasteiger partial charge in [0.1, 0.15) is 17.9 Å². The molecule has 20 heavy (non-hydrogen) atoms. The smallest absolute Gasteiger partial charge is 0.240 e. The highest BCUT2D eigenvalue weighted by Crippen LogP contribution is 2.35. The molecule has 0 aromatic heterocycles. The predicted molar refractivity (Wildman–Crippen MR) is 71.8 cm³/mol.